The van der Waals surface area contributed by atoms with Crippen molar-refractivity contribution in [2.45, 2.75) is 18.0 Å². The van der Waals surface area contributed by atoms with E-state index < -0.39 is 10.0 Å². The molecule has 0 unspecified atom stereocenters. The number of halogens is 1. The summed E-state index contributed by atoms with van der Waals surface area (Å²) in [5, 5.41) is 4.38. The van der Waals surface area contributed by atoms with E-state index in [1.54, 1.807) is 35.7 Å². The highest BCUT2D eigenvalue weighted by molar-refractivity contribution is 7.89. The van der Waals surface area contributed by atoms with Crippen molar-refractivity contribution in [2.24, 2.45) is 0 Å². The smallest absolute Gasteiger partial charge is 0.243 e. The fourth-order valence-corrected chi connectivity index (χ4v) is 4.43. The largest absolute Gasteiger partial charge is 0.260 e. The summed E-state index contributed by atoms with van der Waals surface area (Å²) < 4.78 is 27.5. The van der Waals surface area contributed by atoms with Crippen molar-refractivity contribution in [3.8, 4) is 0 Å². The third-order valence-corrected chi connectivity index (χ3v) is 6.24. The van der Waals surface area contributed by atoms with Crippen LogP contribution in [0.2, 0.25) is 5.02 Å². The number of nitrogens with zero attached hydrogens (tertiary/aromatic N) is 2. The highest BCUT2D eigenvalue weighted by Crippen LogP contribution is 2.23. The molecule has 3 rings (SSSR count). The van der Waals surface area contributed by atoms with Crippen molar-refractivity contribution in [1.82, 2.24) is 9.29 Å². The predicted octanol–water partition coefficient (Wildman–Crippen LogP) is 4.19. The van der Waals surface area contributed by atoms with Crippen LogP contribution in [0.5, 0.6) is 0 Å². The highest BCUT2D eigenvalue weighted by atomic mass is 35.5. The lowest BCUT2D eigenvalue weighted by molar-refractivity contribution is 0.397. The number of hydrogen-bond donors (Lipinski definition) is 0. The molecule has 0 aliphatic carbocycles. The molecule has 0 radical (unpaired) electrons. The van der Waals surface area contributed by atoms with Gasteiger partial charge in [-0.2, -0.15) is 15.6 Å². The quantitative estimate of drug-likeness (QED) is 0.646. The van der Waals surface area contributed by atoms with Gasteiger partial charge in [0.1, 0.15) is 0 Å². The van der Waals surface area contributed by atoms with E-state index >= 15 is 0 Å². The van der Waals surface area contributed by atoms with Crippen LogP contribution in [0.25, 0.3) is 0 Å². The van der Waals surface area contributed by atoms with Crippen molar-refractivity contribution in [3.05, 3.63) is 81.8 Å². The van der Waals surface area contributed by atoms with Gasteiger partial charge in [-0.05, 0) is 58.8 Å². The van der Waals surface area contributed by atoms with Gasteiger partial charge in [0.05, 0.1) is 17.1 Å². The lowest BCUT2D eigenvalue weighted by Crippen LogP contribution is -2.30. The summed E-state index contributed by atoms with van der Waals surface area (Å²) in [5.74, 6) is 0. The first kappa shape index (κ1) is 17.1. The Morgan fingerprint density at radius 2 is 1.83 bits per heavy atom. The van der Waals surface area contributed by atoms with E-state index in [4.69, 9.17) is 11.6 Å². The van der Waals surface area contributed by atoms with E-state index in [2.05, 4.69) is 4.98 Å². The molecule has 0 spiro atoms. The first-order valence-corrected chi connectivity index (χ1v) is 9.98. The van der Waals surface area contributed by atoms with Crippen LogP contribution in [-0.4, -0.2) is 17.7 Å². The zero-order valence-electron chi connectivity index (χ0n) is 12.7. The summed E-state index contributed by atoms with van der Waals surface area (Å²) in [4.78, 5) is 4.46. The predicted molar refractivity (Wildman–Crippen MR) is 96.4 cm³/mol. The van der Waals surface area contributed by atoms with E-state index in [0.717, 1.165) is 5.56 Å². The molecule has 124 valence electrons. The molecular weight excluding hydrogens is 364 g/mol. The van der Waals surface area contributed by atoms with Crippen molar-refractivity contribution >= 4 is 33.0 Å². The Hall–Kier alpha value is -1.73. The molecule has 1 aromatic carbocycles. The zero-order chi connectivity index (χ0) is 17.0. The zero-order valence-corrected chi connectivity index (χ0v) is 15.1. The molecule has 0 saturated carbocycles. The van der Waals surface area contributed by atoms with Crippen molar-refractivity contribution in [1.29, 1.82) is 0 Å². The van der Waals surface area contributed by atoms with Crippen LogP contribution in [-0.2, 0) is 23.1 Å². The average Bonchev–Trinajstić information content (AvgIpc) is 3.09. The molecule has 0 atom stereocenters. The topological polar surface area (TPSA) is 50.3 Å². The Morgan fingerprint density at radius 1 is 1.04 bits per heavy atom. The van der Waals surface area contributed by atoms with Crippen molar-refractivity contribution in [2.75, 3.05) is 0 Å². The molecule has 7 heteroatoms. The van der Waals surface area contributed by atoms with Crippen LogP contribution in [0.3, 0.4) is 0 Å². The standard InChI is InChI=1S/C17H15ClN2O2S2/c18-15-4-6-17(7-5-15)24(21,22)20(11-14-8-10-23-13-14)12-16-3-1-2-9-19-16/h1-10,13H,11-12H2. The molecule has 24 heavy (non-hydrogen) atoms. The summed E-state index contributed by atoms with van der Waals surface area (Å²) in [5.41, 5.74) is 1.65. The van der Waals surface area contributed by atoms with Gasteiger partial charge >= 0.3 is 0 Å². The minimum absolute atomic E-state index is 0.210. The minimum atomic E-state index is -3.65. The number of aromatic nitrogens is 1. The van der Waals surface area contributed by atoms with E-state index in [9.17, 15) is 8.42 Å². The molecule has 3 aromatic rings. The molecule has 0 N–H and O–H groups in total. The first-order chi connectivity index (χ1) is 11.6. The van der Waals surface area contributed by atoms with Gasteiger partial charge in [-0.25, -0.2) is 8.42 Å². The fourth-order valence-electron chi connectivity index (χ4n) is 2.24. The van der Waals surface area contributed by atoms with Crippen LogP contribution in [0, 0.1) is 0 Å². The molecule has 0 saturated heterocycles. The molecular formula is C17H15ClN2O2S2. The number of pyridine rings is 1. The Balaban J connectivity index is 1.94. The maximum absolute atomic E-state index is 13.0. The van der Waals surface area contributed by atoms with Gasteiger partial charge in [0.2, 0.25) is 10.0 Å². The maximum Gasteiger partial charge on any atom is 0.243 e. The molecule has 0 bridgehead atoms. The van der Waals surface area contributed by atoms with Crippen molar-refractivity contribution < 1.29 is 8.42 Å². The summed E-state index contributed by atoms with van der Waals surface area (Å²) in [6, 6.07) is 13.6. The van der Waals surface area contributed by atoms with Gasteiger partial charge in [-0.1, -0.05) is 17.7 Å². The Bertz CT molecular complexity index is 880. The van der Waals surface area contributed by atoms with E-state index in [0.29, 0.717) is 17.3 Å². The SMILES string of the molecule is O=S(=O)(c1ccc(Cl)cc1)N(Cc1ccsc1)Cc1ccccn1. The minimum Gasteiger partial charge on any atom is -0.260 e. The van der Waals surface area contributed by atoms with E-state index in [-0.39, 0.29) is 11.4 Å². The molecule has 4 nitrogen and oxygen atoms in total. The molecule has 0 aliphatic heterocycles. The third kappa shape index (κ3) is 4.02. The van der Waals surface area contributed by atoms with Gasteiger partial charge in [0.15, 0.2) is 0 Å². The van der Waals surface area contributed by atoms with Crippen molar-refractivity contribution in [3.63, 3.8) is 0 Å². The fraction of sp³-hybridized carbons (Fsp3) is 0.118. The summed E-state index contributed by atoms with van der Waals surface area (Å²) in [6.45, 7) is 0.507. The number of hydrogen-bond acceptors (Lipinski definition) is 4. The first-order valence-electron chi connectivity index (χ1n) is 7.22. The second-order valence-corrected chi connectivity index (χ2v) is 8.33. The third-order valence-electron chi connectivity index (χ3n) is 3.45. The summed E-state index contributed by atoms with van der Waals surface area (Å²) in [7, 11) is -3.65. The summed E-state index contributed by atoms with van der Waals surface area (Å²) in [6.07, 6.45) is 1.66. The van der Waals surface area contributed by atoms with Gasteiger partial charge in [0.25, 0.3) is 0 Å². The van der Waals surface area contributed by atoms with Crippen LogP contribution in [0.1, 0.15) is 11.3 Å². The molecule has 2 aromatic heterocycles. The monoisotopic (exact) mass is 378 g/mol. The van der Waals surface area contributed by atoms with Gasteiger partial charge in [-0.15, -0.1) is 0 Å². The van der Waals surface area contributed by atoms with Crippen LogP contribution in [0.15, 0.2) is 70.4 Å². The lowest BCUT2D eigenvalue weighted by atomic mass is 10.3. The van der Waals surface area contributed by atoms with Crippen LogP contribution >= 0.6 is 22.9 Å². The molecule has 2 heterocycles. The highest BCUT2D eigenvalue weighted by Gasteiger charge is 2.25. The maximum atomic E-state index is 13.0. The van der Waals surface area contributed by atoms with Gasteiger partial charge in [0, 0.05) is 17.8 Å². The number of rotatable bonds is 6. The van der Waals surface area contributed by atoms with Crippen LogP contribution in [0.4, 0.5) is 0 Å². The Kier molecular flexibility index (Phi) is 5.30. The molecule has 0 aliphatic rings. The molecule has 0 fully saturated rings. The Morgan fingerprint density at radius 3 is 2.46 bits per heavy atom. The number of sulfonamides is 1. The normalized spacial score (nSPS) is 11.8. The number of benzene rings is 1. The van der Waals surface area contributed by atoms with E-state index in [1.807, 2.05) is 29.0 Å². The summed E-state index contributed by atoms with van der Waals surface area (Å²) >= 11 is 7.41. The average molecular weight is 379 g/mol. The second kappa shape index (κ2) is 7.44. The van der Waals surface area contributed by atoms with Crippen LogP contribution < -0.4 is 0 Å². The Labute approximate surface area is 150 Å². The second-order valence-electron chi connectivity index (χ2n) is 5.18. The number of thiophene rings is 1. The molecule has 0 amide bonds. The van der Waals surface area contributed by atoms with Gasteiger partial charge < -0.3 is 0 Å². The van der Waals surface area contributed by atoms with Gasteiger partial charge in [-0.3, -0.25) is 4.98 Å². The van der Waals surface area contributed by atoms with E-state index in [1.165, 1.54) is 16.4 Å². The lowest BCUT2D eigenvalue weighted by Gasteiger charge is -2.21.